The summed E-state index contributed by atoms with van der Waals surface area (Å²) in [7, 11) is 0. The van der Waals surface area contributed by atoms with Crippen molar-refractivity contribution in [2.45, 2.75) is 89.1 Å². The van der Waals surface area contributed by atoms with Crippen LogP contribution in [0.3, 0.4) is 0 Å². The summed E-state index contributed by atoms with van der Waals surface area (Å²) in [5.74, 6) is 6.20. The highest BCUT2D eigenvalue weighted by atomic mass is 14.9. The van der Waals surface area contributed by atoms with E-state index in [-0.39, 0.29) is 0 Å². The highest BCUT2D eigenvalue weighted by molar-refractivity contribution is 4.95. The fraction of sp³-hybridized carbons (Fsp3) is 1.00. The summed E-state index contributed by atoms with van der Waals surface area (Å²) >= 11 is 0. The molecule has 5 saturated carbocycles. The van der Waals surface area contributed by atoms with Gasteiger partial charge in [0.15, 0.2) is 0 Å². The highest BCUT2D eigenvalue weighted by Crippen LogP contribution is 2.45. The number of rotatable bonds is 6. The zero-order valence-corrected chi connectivity index (χ0v) is 15.5. The molecule has 24 heavy (non-hydrogen) atoms. The predicted octanol–water partition coefficient (Wildman–Crippen LogP) is 4.35. The van der Waals surface area contributed by atoms with Gasteiger partial charge in [0.25, 0.3) is 0 Å². The third kappa shape index (κ3) is 3.30. The van der Waals surface area contributed by atoms with Gasteiger partial charge in [0.1, 0.15) is 0 Å². The summed E-state index contributed by atoms with van der Waals surface area (Å²) in [4.78, 5) is 0. The van der Waals surface area contributed by atoms with Crippen molar-refractivity contribution in [2.24, 2.45) is 35.5 Å². The molecule has 0 aromatic carbocycles. The first-order chi connectivity index (χ1) is 11.8. The van der Waals surface area contributed by atoms with Crippen molar-refractivity contribution in [3.05, 3.63) is 0 Å². The summed E-state index contributed by atoms with van der Waals surface area (Å²) in [6, 6.07) is 1.78. The van der Waals surface area contributed by atoms with Gasteiger partial charge >= 0.3 is 0 Å². The molecule has 0 spiro atoms. The molecule has 2 nitrogen and oxygen atoms in total. The van der Waals surface area contributed by atoms with E-state index >= 15 is 0 Å². The maximum atomic E-state index is 3.98. The molecule has 0 saturated heterocycles. The molecule has 4 bridgehead atoms. The standard InChI is InChI=1S/C22H38N2/c1-2-16(14-24-22-12-18-6-8-20(22)10-18)4-3-15(1)13-23-21-11-17-5-7-19(21)9-17/h15-24H,1-14H2. The van der Waals surface area contributed by atoms with E-state index < -0.39 is 0 Å². The second kappa shape index (κ2) is 6.91. The van der Waals surface area contributed by atoms with Gasteiger partial charge in [-0.3, -0.25) is 0 Å². The van der Waals surface area contributed by atoms with Gasteiger partial charge in [-0.15, -0.1) is 0 Å². The highest BCUT2D eigenvalue weighted by Gasteiger charge is 2.40. The smallest absolute Gasteiger partial charge is 0.00981 e. The van der Waals surface area contributed by atoms with Crippen molar-refractivity contribution in [3.63, 3.8) is 0 Å². The van der Waals surface area contributed by atoms with E-state index in [4.69, 9.17) is 0 Å². The van der Waals surface area contributed by atoms with Gasteiger partial charge in [0.05, 0.1) is 0 Å². The minimum Gasteiger partial charge on any atom is -0.313 e. The summed E-state index contributed by atoms with van der Waals surface area (Å²) in [6.45, 7) is 2.64. The van der Waals surface area contributed by atoms with Crippen LogP contribution >= 0.6 is 0 Å². The van der Waals surface area contributed by atoms with Gasteiger partial charge in [-0.2, -0.15) is 0 Å². The lowest BCUT2D eigenvalue weighted by Crippen LogP contribution is -2.40. The Morgan fingerprint density at radius 3 is 1.29 bits per heavy atom. The van der Waals surface area contributed by atoms with Gasteiger partial charge < -0.3 is 10.6 Å². The average Bonchev–Trinajstić information content (AvgIpc) is 3.39. The molecular formula is C22H38N2. The van der Waals surface area contributed by atoms with Gasteiger partial charge in [-0.1, -0.05) is 12.8 Å². The van der Waals surface area contributed by atoms with Gasteiger partial charge in [-0.25, -0.2) is 0 Å². The van der Waals surface area contributed by atoms with Crippen molar-refractivity contribution in [2.75, 3.05) is 13.1 Å². The van der Waals surface area contributed by atoms with Crippen LogP contribution in [0.15, 0.2) is 0 Å². The molecular weight excluding hydrogens is 292 g/mol. The summed E-state index contributed by atoms with van der Waals surface area (Å²) in [6.07, 6.45) is 18.1. The van der Waals surface area contributed by atoms with Crippen LogP contribution in [0.4, 0.5) is 0 Å². The third-order valence-corrected chi connectivity index (χ3v) is 8.78. The molecule has 2 heteroatoms. The monoisotopic (exact) mass is 330 g/mol. The molecule has 0 radical (unpaired) electrons. The van der Waals surface area contributed by atoms with Crippen LogP contribution in [-0.2, 0) is 0 Å². The van der Waals surface area contributed by atoms with Crippen LogP contribution in [0.5, 0.6) is 0 Å². The molecule has 6 atom stereocenters. The van der Waals surface area contributed by atoms with Crippen molar-refractivity contribution >= 4 is 0 Å². The lowest BCUT2D eigenvalue weighted by molar-refractivity contribution is 0.231. The number of fused-ring (bicyclic) bond motifs is 4. The molecule has 5 rings (SSSR count). The minimum atomic E-state index is 0.890. The van der Waals surface area contributed by atoms with Crippen molar-refractivity contribution in [3.8, 4) is 0 Å². The predicted molar refractivity (Wildman–Crippen MR) is 99.9 cm³/mol. The van der Waals surface area contributed by atoms with E-state index in [9.17, 15) is 0 Å². The lowest BCUT2D eigenvalue weighted by Gasteiger charge is -2.32. The molecule has 2 N–H and O–H groups in total. The fourth-order valence-corrected chi connectivity index (χ4v) is 7.27. The third-order valence-electron chi connectivity index (χ3n) is 8.78. The zero-order chi connectivity index (χ0) is 15.9. The van der Waals surface area contributed by atoms with Crippen LogP contribution in [-0.4, -0.2) is 25.2 Å². The maximum absolute atomic E-state index is 3.98. The second-order valence-corrected chi connectivity index (χ2v) is 10.3. The number of hydrogen-bond donors (Lipinski definition) is 2. The van der Waals surface area contributed by atoms with Crippen molar-refractivity contribution in [1.82, 2.24) is 10.6 Å². The SMILES string of the molecule is C1CC(CNC2CC3CCC2C3)CCC1CNC1CC2CCC1C2. The summed E-state index contributed by atoms with van der Waals surface area (Å²) < 4.78 is 0. The molecule has 0 heterocycles. The van der Waals surface area contributed by atoms with Crippen LogP contribution < -0.4 is 10.6 Å². The first-order valence-corrected chi connectivity index (χ1v) is 11.3. The van der Waals surface area contributed by atoms with Crippen LogP contribution in [0.25, 0.3) is 0 Å². The molecule has 136 valence electrons. The lowest BCUT2D eigenvalue weighted by atomic mass is 9.81. The van der Waals surface area contributed by atoms with Crippen molar-refractivity contribution in [1.29, 1.82) is 0 Å². The Balaban J connectivity index is 0.988. The Labute approximate surface area is 148 Å². The molecule has 0 amide bonds. The fourth-order valence-electron chi connectivity index (χ4n) is 7.27. The number of hydrogen-bond acceptors (Lipinski definition) is 2. The molecule has 0 aliphatic heterocycles. The van der Waals surface area contributed by atoms with Crippen LogP contribution in [0.1, 0.15) is 77.0 Å². The molecule has 0 aromatic heterocycles. The molecule has 5 aliphatic carbocycles. The first-order valence-electron chi connectivity index (χ1n) is 11.3. The second-order valence-electron chi connectivity index (χ2n) is 10.3. The van der Waals surface area contributed by atoms with Crippen LogP contribution in [0.2, 0.25) is 0 Å². The van der Waals surface area contributed by atoms with E-state index in [0.717, 1.165) is 47.6 Å². The Hall–Kier alpha value is -0.0800. The summed E-state index contributed by atoms with van der Waals surface area (Å²) in [5.41, 5.74) is 0. The van der Waals surface area contributed by atoms with E-state index in [2.05, 4.69) is 10.6 Å². The molecule has 5 aliphatic rings. The van der Waals surface area contributed by atoms with Crippen molar-refractivity contribution < 1.29 is 0 Å². The Bertz CT molecular complexity index is 388. The van der Waals surface area contributed by atoms with Gasteiger partial charge in [0.2, 0.25) is 0 Å². The molecule has 6 unspecified atom stereocenters. The Morgan fingerprint density at radius 1 is 0.500 bits per heavy atom. The normalized spacial score (nSPS) is 50.0. The van der Waals surface area contributed by atoms with Crippen LogP contribution in [0, 0.1) is 35.5 Å². The van der Waals surface area contributed by atoms with E-state index in [1.807, 2.05) is 0 Å². The maximum Gasteiger partial charge on any atom is 0.00981 e. The van der Waals surface area contributed by atoms with E-state index in [1.165, 1.54) is 77.3 Å². The Morgan fingerprint density at radius 2 is 0.958 bits per heavy atom. The first kappa shape index (κ1) is 16.1. The largest absolute Gasteiger partial charge is 0.313 e. The zero-order valence-electron chi connectivity index (χ0n) is 15.5. The number of nitrogens with one attached hydrogen (secondary N) is 2. The topological polar surface area (TPSA) is 24.1 Å². The molecule has 0 aromatic rings. The average molecular weight is 331 g/mol. The van der Waals surface area contributed by atoms with E-state index in [1.54, 1.807) is 12.8 Å². The van der Waals surface area contributed by atoms with Gasteiger partial charge in [0, 0.05) is 12.1 Å². The van der Waals surface area contributed by atoms with E-state index in [0.29, 0.717) is 0 Å². The quantitative estimate of drug-likeness (QED) is 0.756. The summed E-state index contributed by atoms with van der Waals surface area (Å²) in [5, 5.41) is 7.95. The van der Waals surface area contributed by atoms with Gasteiger partial charge in [-0.05, 0) is 113 Å². The molecule has 5 fully saturated rings. The Kier molecular flexibility index (Phi) is 4.64. The minimum absolute atomic E-state index is 0.890.